The summed E-state index contributed by atoms with van der Waals surface area (Å²) in [6, 6.07) is 22.5. The van der Waals surface area contributed by atoms with Crippen LogP contribution in [0.15, 0.2) is 95.2 Å². The summed E-state index contributed by atoms with van der Waals surface area (Å²) in [6.45, 7) is 2.94. The molecule has 0 bridgehead atoms. The molecule has 2 N–H and O–H groups in total. The SMILES string of the molecule is COc1ccc(C2=CN3C(=O)c4cc(C)c(OCCCCCOc5cc6c(cc5OC)C(=O)N5C=C(c7cccc(N)c7)C[C@H]5C=N6)cc4N=C[C@@H]3C2)cc1. The van der Waals surface area contributed by atoms with E-state index < -0.39 is 0 Å². The third-order valence-electron chi connectivity index (χ3n) is 10.5. The van der Waals surface area contributed by atoms with Crippen LogP contribution >= 0.6 is 0 Å². The van der Waals surface area contributed by atoms with Gasteiger partial charge in [0.2, 0.25) is 0 Å². The Morgan fingerprint density at radius 3 is 1.89 bits per heavy atom. The van der Waals surface area contributed by atoms with Gasteiger partial charge in [-0.3, -0.25) is 19.6 Å². The Morgan fingerprint density at radius 2 is 1.27 bits per heavy atom. The fourth-order valence-electron chi connectivity index (χ4n) is 7.44. The van der Waals surface area contributed by atoms with Crippen molar-refractivity contribution in [2.75, 3.05) is 33.2 Å². The largest absolute Gasteiger partial charge is 0.497 e. The molecule has 55 heavy (non-hydrogen) atoms. The zero-order valence-electron chi connectivity index (χ0n) is 31.2. The Morgan fingerprint density at radius 1 is 0.673 bits per heavy atom. The van der Waals surface area contributed by atoms with Crippen molar-refractivity contribution in [3.63, 3.8) is 0 Å². The quantitative estimate of drug-likeness (QED) is 0.115. The van der Waals surface area contributed by atoms with Crippen LogP contribution in [0.1, 0.15) is 69.5 Å². The molecule has 280 valence electrons. The van der Waals surface area contributed by atoms with E-state index in [1.165, 1.54) is 0 Å². The molecule has 8 rings (SSSR count). The maximum atomic E-state index is 13.7. The van der Waals surface area contributed by atoms with Crippen molar-refractivity contribution in [3.8, 4) is 23.0 Å². The molecule has 0 saturated carbocycles. The second-order valence-electron chi connectivity index (χ2n) is 14.1. The molecular weight excluding hydrogens is 695 g/mol. The van der Waals surface area contributed by atoms with E-state index in [4.69, 9.17) is 34.7 Å². The summed E-state index contributed by atoms with van der Waals surface area (Å²) in [5.74, 6) is 2.34. The van der Waals surface area contributed by atoms with Crippen LogP contribution in [-0.2, 0) is 0 Å². The number of ether oxygens (including phenoxy) is 4. The van der Waals surface area contributed by atoms with Crippen LogP contribution < -0.4 is 24.7 Å². The summed E-state index contributed by atoms with van der Waals surface area (Å²) >= 11 is 0. The van der Waals surface area contributed by atoms with Crippen molar-refractivity contribution < 1.29 is 28.5 Å². The molecule has 2 atom stereocenters. The van der Waals surface area contributed by atoms with Crippen molar-refractivity contribution in [1.82, 2.24) is 9.80 Å². The summed E-state index contributed by atoms with van der Waals surface area (Å²) in [7, 11) is 3.22. The number of fused-ring (bicyclic) bond motifs is 4. The van der Waals surface area contributed by atoms with E-state index in [9.17, 15) is 9.59 Å². The molecule has 0 unspecified atom stereocenters. The van der Waals surface area contributed by atoms with Crippen LogP contribution in [-0.4, -0.2) is 73.6 Å². The smallest absolute Gasteiger partial charge is 0.260 e. The normalized spacial score (nSPS) is 18.1. The van der Waals surface area contributed by atoms with E-state index in [2.05, 4.69) is 0 Å². The van der Waals surface area contributed by atoms with Gasteiger partial charge in [-0.25, -0.2) is 0 Å². The number of benzene rings is 4. The van der Waals surface area contributed by atoms with Crippen LogP contribution in [0.2, 0.25) is 0 Å². The summed E-state index contributed by atoms with van der Waals surface area (Å²) in [4.78, 5) is 40.3. The number of aryl methyl sites for hydroxylation is 1. The summed E-state index contributed by atoms with van der Waals surface area (Å²) in [5, 5.41) is 0. The first-order valence-electron chi connectivity index (χ1n) is 18.6. The highest BCUT2D eigenvalue weighted by Gasteiger charge is 2.35. The number of hydrogen-bond donors (Lipinski definition) is 1. The lowest BCUT2D eigenvalue weighted by Crippen LogP contribution is -2.32. The van der Waals surface area contributed by atoms with Crippen LogP contribution in [0.25, 0.3) is 11.1 Å². The molecule has 0 radical (unpaired) electrons. The number of carbonyl (C=O) groups is 2. The molecule has 4 aromatic carbocycles. The average Bonchev–Trinajstić information content (AvgIpc) is 3.78. The highest BCUT2D eigenvalue weighted by atomic mass is 16.5. The molecule has 0 fully saturated rings. The van der Waals surface area contributed by atoms with E-state index >= 15 is 0 Å². The first-order valence-corrected chi connectivity index (χ1v) is 18.6. The first kappa shape index (κ1) is 35.7. The van der Waals surface area contributed by atoms with E-state index in [0.717, 1.165) is 58.6 Å². The highest BCUT2D eigenvalue weighted by molar-refractivity contribution is 6.06. The van der Waals surface area contributed by atoms with E-state index in [1.807, 2.05) is 92.4 Å². The topological polar surface area (TPSA) is 128 Å². The van der Waals surface area contributed by atoms with Crippen LogP contribution in [0.3, 0.4) is 0 Å². The van der Waals surface area contributed by atoms with Crippen LogP contribution in [0.5, 0.6) is 23.0 Å². The van der Waals surface area contributed by atoms with E-state index in [1.54, 1.807) is 36.2 Å². The van der Waals surface area contributed by atoms with Crippen LogP contribution in [0, 0.1) is 6.92 Å². The lowest BCUT2D eigenvalue weighted by atomic mass is 10.0. The van der Waals surface area contributed by atoms with Gasteiger partial charge >= 0.3 is 0 Å². The Labute approximate surface area is 320 Å². The Kier molecular flexibility index (Phi) is 9.84. The molecule has 2 amide bonds. The molecule has 0 aliphatic carbocycles. The summed E-state index contributed by atoms with van der Waals surface area (Å²) in [5.41, 5.74) is 14.0. The number of nitrogens with zero attached hydrogens (tertiary/aromatic N) is 4. The van der Waals surface area contributed by atoms with Crippen molar-refractivity contribution in [2.24, 2.45) is 9.98 Å². The average molecular weight is 738 g/mol. The number of methoxy groups -OCH3 is 2. The van der Waals surface area contributed by atoms with Gasteiger partial charge in [0.25, 0.3) is 11.8 Å². The van der Waals surface area contributed by atoms with Gasteiger partial charge < -0.3 is 34.5 Å². The zero-order chi connectivity index (χ0) is 38.1. The fraction of sp³-hybridized carbons (Fsp3) is 0.273. The Hall–Kier alpha value is -6.36. The first-order chi connectivity index (χ1) is 26.8. The number of hydrogen-bond acceptors (Lipinski definition) is 9. The van der Waals surface area contributed by atoms with Crippen molar-refractivity contribution in [3.05, 3.63) is 113 Å². The summed E-state index contributed by atoms with van der Waals surface area (Å²) in [6.07, 6.45) is 11.4. The standard InChI is InChI=1S/C44H43N5O6/c1-27-16-36-38(46-23-33-18-30(25-48(33)43(36)50)28-10-12-35(52-2)13-11-28)21-40(27)54-14-5-4-6-15-55-42-22-39-37(20-41(42)53-3)44(51)49-26-31(19-34(49)24-47-39)29-8-7-9-32(45)17-29/h7-13,16-17,20-26,33-34H,4-6,14-15,18-19,45H2,1-3H3/t33-,34-/m0/s1. The van der Waals surface area contributed by atoms with Crippen molar-refractivity contribution >= 4 is 52.5 Å². The molecule has 0 spiro atoms. The predicted molar refractivity (Wildman–Crippen MR) is 214 cm³/mol. The lowest BCUT2D eigenvalue weighted by Gasteiger charge is -2.19. The number of nitrogens with two attached hydrogens (primary N) is 1. The van der Waals surface area contributed by atoms with Gasteiger partial charge in [-0.2, -0.15) is 0 Å². The second kappa shape index (κ2) is 15.2. The maximum absolute atomic E-state index is 13.7. The van der Waals surface area contributed by atoms with Gasteiger partial charge in [-0.05, 0) is 90.4 Å². The molecular formula is C44H43N5O6. The number of aliphatic imine (C=N–C) groups is 2. The fourth-order valence-corrected chi connectivity index (χ4v) is 7.44. The molecule has 4 aliphatic heterocycles. The van der Waals surface area contributed by atoms with Gasteiger partial charge in [0.1, 0.15) is 11.5 Å². The number of amides is 2. The molecule has 4 aliphatic rings. The van der Waals surface area contributed by atoms with Gasteiger partial charge in [0.15, 0.2) is 11.5 Å². The predicted octanol–water partition coefficient (Wildman–Crippen LogP) is 8.17. The lowest BCUT2D eigenvalue weighted by molar-refractivity contribution is 0.0809. The number of rotatable bonds is 12. The highest BCUT2D eigenvalue weighted by Crippen LogP contribution is 2.41. The number of carbonyl (C=O) groups excluding carboxylic acids is 2. The van der Waals surface area contributed by atoms with Crippen molar-refractivity contribution in [1.29, 1.82) is 0 Å². The van der Waals surface area contributed by atoms with Crippen molar-refractivity contribution in [2.45, 2.75) is 51.1 Å². The van der Waals surface area contributed by atoms with Gasteiger partial charge in [0, 0.05) is 55.5 Å². The van der Waals surface area contributed by atoms with Gasteiger partial charge in [-0.15, -0.1) is 0 Å². The second-order valence-corrected chi connectivity index (χ2v) is 14.1. The molecule has 4 aromatic rings. The minimum atomic E-state index is -0.186. The van der Waals surface area contributed by atoms with Crippen LogP contribution in [0.4, 0.5) is 17.1 Å². The number of nitrogen functional groups attached to an aromatic ring is 1. The molecule has 0 aromatic heterocycles. The minimum absolute atomic E-state index is 0.0681. The van der Waals surface area contributed by atoms with E-state index in [-0.39, 0.29) is 23.9 Å². The number of anilines is 1. The van der Waals surface area contributed by atoms with E-state index in [0.29, 0.717) is 65.7 Å². The molecule has 11 heteroatoms. The molecule has 11 nitrogen and oxygen atoms in total. The summed E-state index contributed by atoms with van der Waals surface area (Å²) < 4.78 is 23.2. The number of unbranched alkanes of at least 4 members (excludes halogenated alkanes) is 2. The minimum Gasteiger partial charge on any atom is -0.497 e. The Balaban J connectivity index is 0.838. The van der Waals surface area contributed by atoms with Gasteiger partial charge in [-0.1, -0.05) is 24.3 Å². The third-order valence-corrected chi connectivity index (χ3v) is 10.5. The zero-order valence-corrected chi connectivity index (χ0v) is 31.2. The Bertz CT molecular complexity index is 2280. The van der Waals surface area contributed by atoms with Gasteiger partial charge in [0.05, 0.1) is 62.0 Å². The molecule has 4 heterocycles. The third kappa shape index (κ3) is 7.17. The molecule has 0 saturated heterocycles. The monoisotopic (exact) mass is 737 g/mol. The maximum Gasteiger partial charge on any atom is 0.260 e.